The molecule has 0 atom stereocenters. The lowest BCUT2D eigenvalue weighted by Crippen LogP contribution is -2.02. The normalized spacial score (nSPS) is 12.0. The van der Waals surface area contributed by atoms with Crippen LogP contribution in [-0.2, 0) is 4.43 Å². The van der Waals surface area contributed by atoms with Crippen molar-refractivity contribution in [3.8, 4) is 0 Å². The van der Waals surface area contributed by atoms with Gasteiger partial charge in [0, 0.05) is 6.61 Å². The van der Waals surface area contributed by atoms with Gasteiger partial charge in [0.05, 0.1) is 0 Å². The number of rotatable bonds is 6. The van der Waals surface area contributed by atoms with E-state index < -0.39 is 0 Å². The molecule has 0 aliphatic rings. The van der Waals surface area contributed by atoms with E-state index in [0.717, 1.165) is 12.5 Å². The molecule has 0 radical (unpaired) electrons. The van der Waals surface area contributed by atoms with Crippen LogP contribution in [0.15, 0.2) is 0 Å². The Morgan fingerprint density at radius 1 is 1.40 bits per heavy atom. The maximum absolute atomic E-state index is 5.52. The van der Waals surface area contributed by atoms with E-state index in [1.165, 1.54) is 18.9 Å². The summed E-state index contributed by atoms with van der Waals surface area (Å²) in [4.78, 5) is 0. The minimum Gasteiger partial charge on any atom is -0.424 e. The highest BCUT2D eigenvalue weighted by atomic mass is 28.2. The van der Waals surface area contributed by atoms with E-state index >= 15 is 0 Å². The van der Waals surface area contributed by atoms with Gasteiger partial charge in [-0.2, -0.15) is 0 Å². The molecule has 0 fully saturated rings. The van der Waals surface area contributed by atoms with E-state index in [1.807, 2.05) is 0 Å². The maximum atomic E-state index is 5.52. The molecule has 0 aliphatic carbocycles. The zero-order chi connectivity index (χ0) is 7.82. The van der Waals surface area contributed by atoms with Crippen molar-refractivity contribution in [2.45, 2.75) is 39.7 Å². The first kappa shape index (κ1) is 10.2. The van der Waals surface area contributed by atoms with Crippen LogP contribution in [0.4, 0.5) is 0 Å². The van der Waals surface area contributed by atoms with E-state index in [4.69, 9.17) is 4.43 Å². The Balaban J connectivity index is 2.77. The predicted molar refractivity (Wildman–Crippen MR) is 49.0 cm³/mol. The first-order valence-corrected chi connectivity index (χ1v) is 5.92. The van der Waals surface area contributed by atoms with Crippen LogP contribution in [-0.4, -0.2) is 16.4 Å². The van der Waals surface area contributed by atoms with Crippen molar-refractivity contribution in [1.82, 2.24) is 0 Å². The van der Waals surface area contributed by atoms with Crippen molar-refractivity contribution in [2.75, 3.05) is 6.61 Å². The minimum absolute atomic E-state index is 0.156. The molecule has 10 heavy (non-hydrogen) atoms. The summed E-state index contributed by atoms with van der Waals surface area (Å²) in [7, 11) is -0.156. The first-order valence-electron chi connectivity index (χ1n) is 4.35. The summed E-state index contributed by atoms with van der Waals surface area (Å²) in [6.07, 6.45) is 2.50. The van der Waals surface area contributed by atoms with Gasteiger partial charge in [-0.05, 0) is 18.4 Å². The van der Waals surface area contributed by atoms with E-state index in [-0.39, 0.29) is 9.76 Å². The smallest absolute Gasteiger partial charge is 0.161 e. The Kier molecular flexibility index (Phi) is 7.41. The quantitative estimate of drug-likeness (QED) is 0.426. The van der Waals surface area contributed by atoms with E-state index in [1.54, 1.807) is 0 Å². The Morgan fingerprint density at radius 3 is 2.60 bits per heavy atom. The van der Waals surface area contributed by atoms with Crippen molar-refractivity contribution in [3.05, 3.63) is 0 Å². The zero-order valence-electron chi connectivity index (χ0n) is 7.52. The van der Waals surface area contributed by atoms with E-state index in [0.29, 0.717) is 0 Å². The predicted octanol–water partition coefficient (Wildman–Crippen LogP) is 1.96. The molecule has 0 saturated heterocycles. The molecule has 0 aliphatic heterocycles. The van der Waals surface area contributed by atoms with Gasteiger partial charge < -0.3 is 4.43 Å². The molecule has 0 aromatic carbocycles. The molecular weight excluding hydrogens is 140 g/mol. The standard InChI is InChI=1S/C8H20OSi/c1-4-5-6-9-10-7-8(2)3/h8H,4-7,10H2,1-3H3. The third kappa shape index (κ3) is 8.18. The third-order valence-corrected chi connectivity index (χ3v) is 3.45. The molecule has 0 heterocycles. The molecule has 0 amide bonds. The fourth-order valence-corrected chi connectivity index (χ4v) is 1.71. The molecular formula is C8H20OSi. The van der Waals surface area contributed by atoms with Crippen LogP contribution in [0.5, 0.6) is 0 Å². The van der Waals surface area contributed by atoms with Crippen LogP contribution < -0.4 is 0 Å². The fraction of sp³-hybridized carbons (Fsp3) is 1.00. The Bertz CT molecular complexity index is 64.3. The number of hydrogen-bond acceptors (Lipinski definition) is 1. The van der Waals surface area contributed by atoms with Crippen molar-refractivity contribution in [2.24, 2.45) is 5.92 Å². The zero-order valence-corrected chi connectivity index (χ0v) is 8.94. The highest BCUT2D eigenvalue weighted by molar-refractivity contribution is 6.27. The molecule has 0 N–H and O–H groups in total. The molecule has 0 unspecified atom stereocenters. The average molecular weight is 160 g/mol. The van der Waals surface area contributed by atoms with Gasteiger partial charge in [-0.15, -0.1) is 0 Å². The van der Waals surface area contributed by atoms with Gasteiger partial charge in [-0.3, -0.25) is 0 Å². The van der Waals surface area contributed by atoms with Gasteiger partial charge >= 0.3 is 0 Å². The van der Waals surface area contributed by atoms with Crippen molar-refractivity contribution in [1.29, 1.82) is 0 Å². The van der Waals surface area contributed by atoms with E-state index in [9.17, 15) is 0 Å². The van der Waals surface area contributed by atoms with Crippen LogP contribution in [0.3, 0.4) is 0 Å². The molecule has 0 saturated carbocycles. The molecule has 0 aromatic heterocycles. The maximum Gasteiger partial charge on any atom is 0.161 e. The third-order valence-electron chi connectivity index (χ3n) is 1.48. The minimum atomic E-state index is -0.156. The monoisotopic (exact) mass is 160 g/mol. The summed E-state index contributed by atoms with van der Waals surface area (Å²) in [6, 6.07) is 1.34. The number of unbranched alkanes of at least 4 members (excludes halogenated alkanes) is 1. The second-order valence-corrected chi connectivity index (χ2v) is 4.54. The number of hydrogen-bond donors (Lipinski definition) is 0. The Morgan fingerprint density at radius 2 is 2.10 bits per heavy atom. The van der Waals surface area contributed by atoms with Crippen LogP contribution in [0.25, 0.3) is 0 Å². The highest BCUT2D eigenvalue weighted by Crippen LogP contribution is 1.99. The summed E-state index contributed by atoms with van der Waals surface area (Å²) in [5.41, 5.74) is 0. The van der Waals surface area contributed by atoms with Crippen molar-refractivity contribution in [3.63, 3.8) is 0 Å². The van der Waals surface area contributed by atoms with Crippen LogP contribution >= 0.6 is 0 Å². The first-order chi connectivity index (χ1) is 4.77. The van der Waals surface area contributed by atoms with Crippen molar-refractivity contribution >= 4 is 9.76 Å². The van der Waals surface area contributed by atoms with E-state index in [2.05, 4.69) is 20.8 Å². The van der Waals surface area contributed by atoms with Crippen LogP contribution in [0, 0.1) is 5.92 Å². The average Bonchev–Trinajstić information content (AvgIpc) is 1.87. The van der Waals surface area contributed by atoms with Gasteiger partial charge in [0.15, 0.2) is 9.76 Å². The molecule has 0 aromatic rings. The van der Waals surface area contributed by atoms with Gasteiger partial charge in [0.1, 0.15) is 0 Å². The largest absolute Gasteiger partial charge is 0.424 e. The van der Waals surface area contributed by atoms with Gasteiger partial charge in [-0.1, -0.05) is 27.2 Å². The molecule has 0 spiro atoms. The Hall–Kier alpha value is 0.177. The topological polar surface area (TPSA) is 9.23 Å². The van der Waals surface area contributed by atoms with Gasteiger partial charge in [0.2, 0.25) is 0 Å². The summed E-state index contributed by atoms with van der Waals surface area (Å²) in [5.74, 6) is 0.841. The molecule has 2 heteroatoms. The van der Waals surface area contributed by atoms with Crippen molar-refractivity contribution < 1.29 is 4.43 Å². The molecule has 62 valence electrons. The Labute approximate surface area is 67.1 Å². The molecule has 1 nitrogen and oxygen atoms in total. The second-order valence-electron chi connectivity index (χ2n) is 3.15. The highest BCUT2D eigenvalue weighted by Gasteiger charge is 1.93. The summed E-state index contributed by atoms with van der Waals surface area (Å²) in [5, 5.41) is 0. The SMILES string of the molecule is CCCCO[SiH2]CC(C)C. The molecule has 0 rings (SSSR count). The summed E-state index contributed by atoms with van der Waals surface area (Å²) >= 11 is 0. The lowest BCUT2D eigenvalue weighted by molar-refractivity contribution is 0.323. The van der Waals surface area contributed by atoms with Gasteiger partial charge in [-0.25, -0.2) is 0 Å². The van der Waals surface area contributed by atoms with Gasteiger partial charge in [0.25, 0.3) is 0 Å². The molecule has 0 bridgehead atoms. The summed E-state index contributed by atoms with van der Waals surface area (Å²) in [6.45, 7) is 7.73. The second kappa shape index (κ2) is 7.29. The lowest BCUT2D eigenvalue weighted by Gasteiger charge is -2.04. The summed E-state index contributed by atoms with van der Waals surface area (Å²) < 4.78 is 5.52. The van der Waals surface area contributed by atoms with Crippen LogP contribution in [0.1, 0.15) is 33.6 Å². The lowest BCUT2D eigenvalue weighted by atomic mass is 10.3. The fourth-order valence-electron chi connectivity index (χ4n) is 0.667. The van der Waals surface area contributed by atoms with Crippen LogP contribution in [0.2, 0.25) is 6.04 Å².